The van der Waals surface area contributed by atoms with Gasteiger partial charge in [0.25, 0.3) is 0 Å². The Morgan fingerprint density at radius 1 is 1.21 bits per heavy atom. The average molecular weight is 334 g/mol. The Morgan fingerprint density at radius 3 is 2.54 bits per heavy atom. The summed E-state index contributed by atoms with van der Waals surface area (Å²) in [5.41, 5.74) is -0.0907. The van der Waals surface area contributed by atoms with Crippen molar-refractivity contribution in [3.8, 4) is 0 Å². The number of carbonyl (C=O) groups is 2. The molecule has 24 heavy (non-hydrogen) atoms. The van der Waals surface area contributed by atoms with Crippen molar-refractivity contribution in [2.75, 3.05) is 26.7 Å². The van der Waals surface area contributed by atoms with Crippen LogP contribution in [0.3, 0.4) is 0 Å². The van der Waals surface area contributed by atoms with Gasteiger partial charge in [0.05, 0.1) is 5.60 Å². The van der Waals surface area contributed by atoms with Crippen LogP contribution in [-0.2, 0) is 9.53 Å². The van der Waals surface area contributed by atoms with Crippen molar-refractivity contribution in [3.63, 3.8) is 0 Å². The molecule has 4 unspecified atom stereocenters. The van der Waals surface area contributed by atoms with Crippen LogP contribution in [0.1, 0.15) is 51.9 Å². The minimum atomic E-state index is -0.0907. The molecule has 0 bridgehead atoms. The Morgan fingerprint density at radius 2 is 1.96 bits per heavy atom. The number of methoxy groups -OCH3 is 1. The van der Waals surface area contributed by atoms with Crippen LogP contribution in [0.2, 0.25) is 0 Å². The lowest BCUT2D eigenvalue weighted by molar-refractivity contribution is -0.133. The lowest BCUT2D eigenvalue weighted by Crippen LogP contribution is -2.54. The molecule has 5 heteroatoms. The van der Waals surface area contributed by atoms with Crippen molar-refractivity contribution < 1.29 is 14.3 Å². The molecule has 0 aromatic heterocycles. The maximum atomic E-state index is 12.8. The number of hydrogen-bond donors (Lipinski definition) is 0. The van der Waals surface area contributed by atoms with Crippen LogP contribution in [0.15, 0.2) is 0 Å². The Labute approximate surface area is 144 Å². The van der Waals surface area contributed by atoms with Gasteiger partial charge in [0, 0.05) is 33.2 Å². The van der Waals surface area contributed by atoms with E-state index in [1.54, 1.807) is 7.11 Å². The van der Waals surface area contributed by atoms with Crippen LogP contribution >= 0.6 is 0 Å². The Kier molecular flexibility index (Phi) is 4.10. The summed E-state index contributed by atoms with van der Waals surface area (Å²) in [6, 6.07) is -0.0636. The molecule has 3 amide bonds. The first-order chi connectivity index (χ1) is 11.5. The molecule has 5 nitrogen and oxygen atoms in total. The summed E-state index contributed by atoms with van der Waals surface area (Å²) in [7, 11) is 1.75. The Hall–Kier alpha value is -1.10. The zero-order valence-electron chi connectivity index (χ0n) is 15.0. The minimum absolute atomic E-state index is 0.00927. The van der Waals surface area contributed by atoms with Gasteiger partial charge in [-0.15, -0.1) is 0 Å². The summed E-state index contributed by atoms with van der Waals surface area (Å²) in [5, 5.41) is 0. The van der Waals surface area contributed by atoms with Gasteiger partial charge in [0.1, 0.15) is 0 Å². The molecule has 4 aliphatic rings. The maximum Gasteiger partial charge on any atom is 0.326 e. The van der Waals surface area contributed by atoms with Gasteiger partial charge in [-0.1, -0.05) is 6.92 Å². The number of nitrogens with zero attached hydrogens (tertiary/aromatic N) is 2. The van der Waals surface area contributed by atoms with E-state index in [4.69, 9.17) is 4.74 Å². The van der Waals surface area contributed by atoms with Gasteiger partial charge in [-0.25, -0.2) is 4.79 Å². The van der Waals surface area contributed by atoms with Crippen molar-refractivity contribution in [2.24, 2.45) is 23.7 Å². The first kappa shape index (κ1) is 16.4. The second-order valence-electron chi connectivity index (χ2n) is 8.55. The molecule has 0 radical (unpaired) electrons. The third-order valence-corrected chi connectivity index (χ3v) is 7.04. The highest BCUT2D eigenvalue weighted by molar-refractivity contribution is 5.96. The van der Waals surface area contributed by atoms with E-state index in [0.29, 0.717) is 25.4 Å². The van der Waals surface area contributed by atoms with Crippen LogP contribution in [0.5, 0.6) is 0 Å². The standard InChI is InChI=1S/C19H30N2O3/c1-13-10-15(13)16-11-14(16)12-20-8-4-17(22)21(18(20)23)9-7-19(24-2)5-3-6-19/h13-16H,3-12H2,1-2H3. The summed E-state index contributed by atoms with van der Waals surface area (Å²) in [6.45, 7) is 4.30. The van der Waals surface area contributed by atoms with Crippen molar-refractivity contribution in [1.82, 2.24) is 9.80 Å². The Balaban J connectivity index is 1.31. The van der Waals surface area contributed by atoms with Gasteiger partial charge in [-0.2, -0.15) is 0 Å². The molecular weight excluding hydrogens is 304 g/mol. The quantitative estimate of drug-likeness (QED) is 0.719. The first-order valence-electron chi connectivity index (χ1n) is 9.67. The van der Waals surface area contributed by atoms with E-state index in [-0.39, 0.29) is 17.5 Å². The first-order valence-corrected chi connectivity index (χ1v) is 9.67. The number of imide groups is 1. The van der Waals surface area contributed by atoms with Crippen LogP contribution in [-0.4, -0.2) is 54.1 Å². The molecule has 0 N–H and O–H groups in total. The topological polar surface area (TPSA) is 49.9 Å². The summed E-state index contributed by atoms with van der Waals surface area (Å²) >= 11 is 0. The molecule has 1 heterocycles. The molecule has 0 spiro atoms. The van der Waals surface area contributed by atoms with Crippen molar-refractivity contribution >= 4 is 11.9 Å². The van der Waals surface area contributed by atoms with E-state index >= 15 is 0 Å². The number of ether oxygens (including phenoxy) is 1. The summed E-state index contributed by atoms with van der Waals surface area (Å²) in [5.74, 6) is 3.31. The SMILES string of the molecule is COC1(CCN2C(=O)CCN(CC3CC3C3CC3C)C2=O)CCC1. The maximum absolute atomic E-state index is 12.8. The smallest absolute Gasteiger partial charge is 0.326 e. The van der Waals surface area contributed by atoms with Gasteiger partial charge >= 0.3 is 6.03 Å². The zero-order chi connectivity index (χ0) is 16.9. The highest BCUT2D eigenvalue weighted by Gasteiger charge is 2.52. The van der Waals surface area contributed by atoms with Gasteiger partial charge in [0.2, 0.25) is 5.91 Å². The minimum Gasteiger partial charge on any atom is -0.378 e. The van der Waals surface area contributed by atoms with E-state index < -0.39 is 0 Å². The number of carbonyl (C=O) groups excluding carboxylic acids is 2. The molecule has 3 saturated carbocycles. The highest BCUT2D eigenvalue weighted by Crippen LogP contribution is 2.57. The van der Waals surface area contributed by atoms with E-state index in [9.17, 15) is 9.59 Å². The highest BCUT2D eigenvalue weighted by atomic mass is 16.5. The number of hydrogen-bond acceptors (Lipinski definition) is 3. The fourth-order valence-electron chi connectivity index (χ4n) is 4.81. The monoisotopic (exact) mass is 334 g/mol. The van der Waals surface area contributed by atoms with E-state index in [1.165, 1.54) is 24.2 Å². The predicted molar refractivity (Wildman–Crippen MR) is 90.4 cm³/mol. The van der Waals surface area contributed by atoms with E-state index in [2.05, 4.69) is 6.92 Å². The summed E-state index contributed by atoms with van der Waals surface area (Å²) in [6.07, 6.45) is 7.19. The molecule has 3 aliphatic carbocycles. The normalized spacial score (nSPS) is 37.4. The molecule has 4 fully saturated rings. The van der Waals surface area contributed by atoms with Crippen LogP contribution in [0.4, 0.5) is 4.79 Å². The average Bonchev–Trinajstić information content (AvgIpc) is 3.42. The molecule has 1 aliphatic heterocycles. The number of urea groups is 1. The molecule has 4 atom stereocenters. The Bertz CT molecular complexity index is 525. The van der Waals surface area contributed by atoms with Crippen molar-refractivity contribution in [1.29, 1.82) is 0 Å². The van der Waals surface area contributed by atoms with Crippen molar-refractivity contribution in [2.45, 2.75) is 57.5 Å². The third kappa shape index (κ3) is 2.96. The van der Waals surface area contributed by atoms with Crippen molar-refractivity contribution in [3.05, 3.63) is 0 Å². The lowest BCUT2D eigenvalue weighted by atomic mass is 9.77. The number of rotatable bonds is 7. The second-order valence-corrected chi connectivity index (χ2v) is 8.55. The fraction of sp³-hybridized carbons (Fsp3) is 0.895. The molecule has 134 valence electrons. The second kappa shape index (κ2) is 6.01. The van der Waals surface area contributed by atoms with Gasteiger partial charge in [-0.05, 0) is 62.2 Å². The van der Waals surface area contributed by atoms with Crippen LogP contribution in [0, 0.1) is 23.7 Å². The van der Waals surface area contributed by atoms with Crippen LogP contribution < -0.4 is 0 Å². The fourth-order valence-corrected chi connectivity index (χ4v) is 4.81. The van der Waals surface area contributed by atoms with Crippen LogP contribution in [0.25, 0.3) is 0 Å². The largest absolute Gasteiger partial charge is 0.378 e. The van der Waals surface area contributed by atoms with Gasteiger partial charge in [-0.3, -0.25) is 9.69 Å². The molecule has 0 aromatic carbocycles. The molecule has 1 saturated heterocycles. The molecular formula is C19H30N2O3. The zero-order valence-corrected chi connectivity index (χ0v) is 15.0. The third-order valence-electron chi connectivity index (χ3n) is 7.04. The summed E-state index contributed by atoms with van der Waals surface area (Å²) < 4.78 is 5.63. The number of amides is 3. The van der Waals surface area contributed by atoms with Gasteiger partial charge in [0.15, 0.2) is 0 Å². The van der Waals surface area contributed by atoms with Gasteiger partial charge < -0.3 is 9.64 Å². The summed E-state index contributed by atoms with van der Waals surface area (Å²) in [4.78, 5) is 28.4. The van der Waals surface area contributed by atoms with E-state index in [1.807, 2.05) is 4.90 Å². The lowest BCUT2D eigenvalue weighted by Gasteiger charge is -2.42. The molecule has 0 aromatic rings. The van der Waals surface area contributed by atoms with E-state index in [0.717, 1.165) is 43.6 Å². The predicted octanol–water partition coefficient (Wildman–Crippen LogP) is 2.89. The molecule has 4 rings (SSSR count).